The molecule has 0 aliphatic heterocycles. The minimum atomic E-state index is -0.293. The summed E-state index contributed by atoms with van der Waals surface area (Å²) in [5.74, 6) is 0.548. The van der Waals surface area contributed by atoms with Crippen LogP contribution < -0.4 is 4.74 Å². The van der Waals surface area contributed by atoms with E-state index in [9.17, 15) is 9.59 Å². The minimum Gasteiger partial charge on any atom is -0.496 e. The van der Waals surface area contributed by atoms with Crippen LogP contribution >= 0.6 is 34.2 Å². The summed E-state index contributed by atoms with van der Waals surface area (Å²) in [4.78, 5) is 26.3. The molecule has 0 N–H and O–H groups in total. The minimum absolute atomic E-state index is 0.165. The molecule has 0 bridgehead atoms. The number of halogens is 2. The van der Waals surface area contributed by atoms with Crippen LogP contribution in [0.4, 0.5) is 0 Å². The summed E-state index contributed by atoms with van der Waals surface area (Å²) in [5, 5.41) is 0.511. The third-order valence-electron chi connectivity index (χ3n) is 3.83. The van der Waals surface area contributed by atoms with Crippen molar-refractivity contribution in [3.8, 4) is 5.75 Å². The van der Waals surface area contributed by atoms with Crippen LogP contribution in [0.3, 0.4) is 0 Å². The van der Waals surface area contributed by atoms with Gasteiger partial charge in [-0.2, -0.15) is 0 Å². The van der Waals surface area contributed by atoms with E-state index in [2.05, 4.69) is 22.6 Å². The van der Waals surface area contributed by atoms with Crippen LogP contribution in [0.25, 0.3) is 0 Å². The van der Waals surface area contributed by atoms with Gasteiger partial charge in [-0.15, -0.1) is 0 Å². The van der Waals surface area contributed by atoms with Crippen LogP contribution in [-0.2, 0) is 9.53 Å². The fraction of sp³-hybridized carbons (Fsp3) is 0.529. The Morgan fingerprint density at radius 1 is 1.38 bits per heavy atom. The second-order valence-electron chi connectivity index (χ2n) is 5.72. The lowest BCUT2D eigenvalue weighted by Crippen LogP contribution is -2.35. The van der Waals surface area contributed by atoms with E-state index in [0.717, 1.165) is 16.4 Å². The topological polar surface area (TPSA) is 55.8 Å². The maximum Gasteiger partial charge on any atom is 0.307 e. The van der Waals surface area contributed by atoms with Gasteiger partial charge >= 0.3 is 5.97 Å². The normalized spacial score (nSPS) is 13.5. The van der Waals surface area contributed by atoms with Gasteiger partial charge in [0.25, 0.3) is 5.91 Å². The molecule has 1 amide bonds. The van der Waals surface area contributed by atoms with Gasteiger partial charge in [0.1, 0.15) is 5.75 Å². The Bertz CT molecular complexity index is 619. The van der Waals surface area contributed by atoms with Crippen molar-refractivity contribution in [1.82, 2.24) is 4.90 Å². The van der Waals surface area contributed by atoms with Gasteiger partial charge in [0.05, 0.1) is 30.7 Å². The number of hydrogen-bond acceptors (Lipinski definition) is 4. The highest BCUT2D eigenvalue weighted by Crippen LogP contribution is 2.32. The van der Waals surface area contributed by atoms with Gasteiger partial charge in [-0.25, -0.2) is 0 Å². The molecule has 0 atom stereocenters. The number of amides is 1. The molecule has 0 heterocycles. The van der Waals surface area contributed by atoms with Crippen LogP contribution in [0.1, 0.15) is 36.5 Å². The van der Waals surface area contributed by atoms with Crippen molar-refractivity contribution in [2.45, 2.75) is 26.2 Å². The van der Waals surface area contributed by atoms with E-state index in [1.807, 2.05) is 0 Å². The molecule has 0 unspecified atom stereocenters. The summed E-state index contributed by atoms with van der Waals surface area (Å²) in [5.41, 5.74) is 0.424. The SMILES string of the molecule is CCOC(=O)CCN(CC1CC1)C(=O)c1cc(Cl)c(I)cc1OC. The monoisotopic (exact) mass is 465 g/mol. The third-order valence-corrected chi connectivity index (χ3v) is 5.35. The molecule has 1 aromatic carbocycles. The molecular weight excluding hydrogens is 445 g/mol. The fourth-order valence-corrected chi connectivity index (χ4v) is 2.98. The summed E-state index contributed by atoms with van der Waals surface area (Å²) >= 11 is 8.27. The first-order valence-electron chi connectivity index (χ1n) is 7.94. The quantitative estimate of drug-likeness (QED) is 0.433. The predicted octanol–water partition coefficient (Wildman–Crippen LogP) is 3.76. The smallest absolute Gasteiger partial charge is 0.307 e. The Morgan fingerprint density at radius 3 is 2.67 bits per heavy atom. The van der Waals surface area contributed by atoms with Crippen molar-refractivity contribution >= 4 is 46.1 Å². The van der Waals surface area contributed by atoms with E-state index in [0.29, 0.717) is 41.9 Å². The van der Waals surface area contributed by atoms with E-state index in [1.165, 1.54) is 7.11 Å². The molecule has 1 aromatic rings. The van der Waals surface area contributed by atoms with Gasteiger partial charge in [0.2, 0.25) is 0 Å². The van der Waals surface area contributed by atoms with Crippen molar-refractivity contribution in [2.75, 3.05) is 26.8 Å². The lowest BCUT2D eigenvalue weighted by atomic mass is 10.1. The van der Waals surface area contributed by atoms with Gasteiger partial charge in [-0.05, 0) is 60.4 Å². The summed E-state index contributed by atoms with van der Waals surface area (Å²) in [6.07, 6.45) is 2.42. The van der Waals surface area contributed by atoms with Crippen molar-refractivity contribution in [2.24, 2.45) is 5.92 Å². The highest BCUT2D eigenvalue weighted by atomic mass is 127. The number of rotatable bonds is 8. The molecule has 0 saturated heterocycles. The zero-order chi connectivity index (χ0) is 17.7. The Balaban J connectivity index is 2.17. The Kier molecular flexibility index (Phi) is 7.16. The summed E-state index contributed by atoms with van der Waals surface area (Å²) in [6, 6.07) is 3.38. The maximum atomic E-state index is 13.0. The molecule has 24 heavy (non-hydrogen) atoms. The highest BCUT2D eigenvalue weighted by Gasteiger charge is 2.29. The van der Waals surface area contributed by atoms with Gasteiger partial charge in [-0.1, -0.05) is 11.6 Å². The first-order chi connectivity index (χ1) is 11.5. The number of nitrogens with zero attached hydrogens (tertiary/aromatic N) is 1. The molecule has 5 nitrogen and oxygen atoms in total. The van der Waals surface area contributed by atoms with Gasteiger partial charge < -0.3 is 14.4 Å². The van der Waals surface area contributed by atoms with Crippen LogP contribution in [0, 0.1) is 9.49 Å². The molecule has 0 spiro atoms. The van der Waals surface area contributed by atoms with Crippen molar-refractivity contribution in [3.63, 3.8) is 0 Å². The molecule has 2 rings (SSSR count). The van der Waals surface area contributed by atoms with Crippen molar-refractivity contribution in [1.29, 1.82) is 0 Å². The second-order valence-corrected chi connectivity index (χ2v) is 7.29. The largest absolute Gasteiger partial charge is 0.496 e. The van der Waals surface area contributed by atoms with Crippen LogP contribution in [-0.4, -0.2) is 43.6 Å². The standard InChI is InChI=1S/C17H21ClINO4/c1-3-24-16(21)6-7-20(10-11-4-5-11)17(22)12-8-13(18)14(19)9-15(12)23-2/h8-9,11H,3-7,10H2,1-2H3. The summed E-state index contributed by atoms with van der Waals surface area (Å²) in [7, 11) is 1.53. The number of hydrogen-bond donors (Lipinski definition) is 0. The Morgan fingerprint density at radius 2 is 2.08 bits per heavy atom. The number of methoxy groups -OCH3 is 1. The first-order valence-corrected chi connectivity index (χ1v) is 9.39. The van der Waals surface area contributed by atoms with Crippen molar-refractivity contribution in [3.05, 3.63) is 26.3 Å². The van der Waals surface area contributed by atoms with Crippen LogP contribution in [0.5, 0.6) is 5.75 Å². The second kappa shape index (κ2) is 8.89. The van der Waals surface area contributed by atoms with E-state index in [4.69, 9.17) is 21.1 Å². The molecule has 7 heteroatoms. The van der Waals surface area contributed by atoms with E-state index in [1.54, 1.807) is 24.0 Å². The average molecular weight is 466 g/mol. The number of carbonyl (C=O) groups is 2. The first kappa shape index (κ1) is 19.3. The molecule has 1 fully saturated rings. The van der Waals surface area contributed by atoms with Crippen LogP contribution in [0.2, 0.25) is 5.02 Å². The Hall–Kier alpha value is -1.02. The van der Waals surface area contributed by atoms with E-state index in [-0.39, 0.29) is 18.3 Å². The molecule has 1 aliphatic carbocycles. The molecule has 1 saturated carbocycles. The zero-order valence-corrected chi connectivity index (χ0v) is 16.7. The lowest BCUT2D eigenvalue weighted by molar-refractivity contribution is -0.143. The molecular formula is C17H21ClINO4. The zero-order valence-electron chi connectivity index (χ0n) is 13.8. The lowest BCUT2D eigenvalue weighted by Gasteiger charge is -2.23. The van der Waals surface area contributed by atoms with Gasteiger partial charge in [0.15, 0.2) is 0 Å². The Labute approximate surface area is 160 Å². The molecule has 1 aliphatic rings. The number of carbonyl (C=O) groups excluding carboxylic acids is 2. The molecule has 132 valence electrons. The van der Waals surface area contributed by atoms with Gasteiger partial charge in [0, 0.05) is 16.7 Å². The van der Waals surface area contributed by atoms with Gasteiger partial charge in [-0.3, -0.25) is 9.59 Å². The number of ether oxygens (including phenoxy) is 2. The third kappa shape index (κ3) is 5.24. The molecule has 0 aromatic heterocycles. The number of benzene rings is 1. The highest BCUT2D eigenvalue weighted by molar-refractivity contribution is 14.1. The van der Waals surface area contributed by atoms with E-state index < -0.39 is 0 Å². The maximum absolute atomic E-state index is 13.0. The van der Waals surface area contributed by atoms with Crippen molar-refractivity contribution < 1.29 is 19.1 Å². The fourth-order valence-electron chi connectivity index (χ4n) is 2.38. The average Bonchev–Trinajstić information content (AvgIpc) is 3.37. The van der Waals surface area contributed by atoms with Crippen LogP contribution in [0.15, 0.2) is 12.1 Å². The predicted molar refractivity (Wildman–Crippen MR) is 101 cm³/mol. The number of esters is 1. The van der Waals surface area contributed by atoms with E-state index >= 15 is 0 Å². The summed E-state index contributed by atoms with van der Waals surface area (Å²) in [6.45, 7) is 3.09. The summed E-state index contributed by atoms with van der Waals surface area (Å²) < 4.78 is 11.1. The molecule has 0 radical (unpaired) electrons.